The molecule has 2 atom stereocenters. The first-order valence-corrected chi connectivity index (χ1v) is 6.76. The molecular formula is C17H22ClN. The maximum absolute atomic E-state index is 2.46. The zero-order chi connectivity index (χ0) is 12.8. The zero-order valence-electron chi connectivity index (χ0n) is 11.6. The van der Waals surface area contributed by atoms with Crippen LogP contribution in [0.15, 0.2) is 60.7 Å². The lowest BCUT2D eigenvalue weighted by Gasteiger charge is -2.19. The predicted octanol–water partition coefficient (Wildman–Crippen LogP) is 0.466. The minimum Gasteiger partial charge on any atom is -1.00 e. The quantitative estimate of drug-likeness (QED) is 0.817. The van der Waals surface area contributed by atoms with Gasteiger partial charge in [0, 0.05) is 17.5 Å². The van der Waals surface area contributed by atoms with E-state index in [1.165, 1.54) is 11.1 Å². The van der Waals surface area contributed by atoms with Crippen molar-refractivity contribution in [2.75, 3.05) is 0 Å². The molecule has 0 aliphatic carbocycles. The Kier molecular flexibility index (Phi) is 6.61. The van der Waals surface area contributed by atoms with Gasteiger partial charge in [0.25, 0.3) is 0 Å². The second-order valence-corrected chi connectivity index (χ2v) is 4.82. The van der Waals surface area contributed by atoms with Crippen molar-refractivity contribution in [3.8, 4) is 0 Å². The summed E-state index contributed by atoms with van der Waals surface area (Å²) >= 11 is 0. The molecule has 0 heterocycles. The van der Waals surface area contributed by atoms with E-state index in [9.17, 15) is 0 Å². The Morgan fingerprint density at radius 3 is 1.79 bits per heavy atom. The van der Waals surface area contributed by atoms with Crippen LogP contribution in [-0.4, -0.2) is 0 Å². The van der Waals surface area contributed by atoms with Crippen molar-refractivity contribution in [3.63, 3.8) is 0 Å². The number of hydrogen-bond donors (Lipinski definition) is 1. The third-order valence-corrected chi connectivity index (χ3v) is 3.51. The van der Waals surface area contributed by atoms with Crippen molar-refractivity contribution in [1.82, 2.24) is 0 Å². The smallest absolute Gasteiger partial charge is 0.112 e. The number of benzene rings is 2. The molecule has 0 saturated heterocycles. The van der Waals surface area contributed by atoms with Crippen LogP contribution < -0.4 is 17.7 Å². The molecular weight excluding hydrogens is 254 g/mol. The summed E-state index contributed by atoms with van der Waals surface area (Å²) in [5, 5.41) is 2.46. The van der Waals surface area contributed by atoms with Crippen molar-refractivity contribution in [1.29, 1.82) is 0 Å². The number of quaternary nitrogens is 1. The third-order valence-electron chi connectivity index (χ3n) is 3.51. The summed E-state index contributed by atoms with van der Waals surface area (Å²) in [6.07, 6.45) is 1.15. The Labute approximate surface area is 122 Å². The summed E-state index contributed by atoms with van der Waals surface area (Å²) in [6, 6.07) is 22.5. The summed E-state index contributed by atoms with van der Waals surface area (Å²) < 4.78 is 0. The highest BCUT2D eigenvalue weighted by atomic mass is 35.5. The minimum absolute atomic E-state index is 0. The lowest BCUT2D eigenvalue weighted by molar-refractivity contribution is -0.731. The molecule has 0 spiro atoms. The molecule has 2 heteroatoms. The van der Waals surface area contributed by atoms with Gasteiger partial charge in [0.05, 0.1) is 0 Å². The molecule has 0 unspecified atom stereocenters. The third kappa shape index (κ3) is 4.38. The summed E-state index contributed by atoms with van der Waals surface area (Å²) in [6.45, 7) is 4.53. The molecule has 1 nitrogen and oxygen atoms in total. The fourth-order valence-corrected chi connectivity index (χ4v) is 2.40. The van der Waals surface area contributed by atoms with E-state index in [1.54, 1.807) is 0 Å². The molecule has 2 aromatic rings. The van der Waals surface area contributed by atoms with Crippen molar-refractivity contribution >= 4 is 0 Å². The molecule has 0 bridgehead atoms. The SMILES string of the molecule is CC[C@@H]([NH2+][C@H](C)c1ccccc1)c1ccccc1.[Cl-]. The summed E-state index contributed by atoms with van der Waals surface area (Å²) in [5.41, 5.74) is 2.81. The summed E-state index contributed by atoms with van der Waals surface area (Å²) in [4.78, 5) is 0. The molecule has 0 aliphatic heterocycles. The van der Waals surface area contributed by atoms with Crippen LogP contribution in [0, 0.1) is 0 Å². The van der Waals surface area contributed by atoms with Crippen molar-refractivity contribution in [2.24, 2.45) is 0 Å². The zero-order valence-corrected chi connectivity index (χ0v) is 12.3. The average molecular weight is 276 g/mol. The lowest BCUT2D eigenvalue weighted by Crippen LogP contribution is -3.00. The molecule has 0 radical (unpaired) electrons. The largest absolute Gasteiger partial charge is 1.00 e. The van der Waals surface area contributed by atoms with Gasteiger partial charge in [-0.2, -0.15) is 0 Å². The molecule has 0 saturated carbocycles. The summed E-state index contributed by atoms with van der Waals surface area (Å²) in [7, 11) is 0. The molecule has 2 aromatic carbocycles. The van der Waals surface area contributed by atoms with Gasteiger partial charge in [-0.1, -0.05) is 67.6 Å². The maximum Gasteiger partial charge on any atom is 0.112 e. The van der Waals surface area contributed by atoms with E-state index in [0.29, 0.717) is 12.1 Å². The van der Waals surface area contributed by atoms with E-state index in [4.69, 9.17) is 0 Å². The number of halogens is 1. The van der Waals surface area contributed by atoms with Crippen LogP contribution in [-0.2, 0) is 0 Å². The highest BCUT2D eigenvalue weighted by molar-refractivity contribution is 5.18. The molecule has 0 aliphatic rings. The van der Waals surface area contributed by atoms with Crippen LogP contribution in [0.25, 0.3) is 0 Å². The number of hydrogen-bond acceptors (Lipinski definition) is 0. The normalized spacial score (nSPS) is 13.4. The van der Waals surface area contributed by atoms with Crippen LogP contribution in [0.1, 0.15) is 43.5 Å². The highest BCUT2D eigenvalue weighted by Gasteiger charge is 2.16. The Morgan fingerprint density at radius 2 is 1.32 bits per heavy atom. The van der Waals surface area contributed by atoms with Gasteiger partial charge < -0.3 is 17.7 Å². The second-order valence-electron chi connectivity index (χ2n) is 4.82. The monoisotopic (exact) mass is 275 g/mol. The topological polar surface area (TPSA) is 16.6 Å². The van der Waals surface area contributed by atoms with Crippen LogP contribution >= 0.6 is 0 Å². The molecule has 2 rings (SSSR count). The van der Waals surface area contributed by atoms with Crippen molar-refractivity contribution in [3.05, 3.63) is 71.8 Å². The highest BCUT2D eigenvalue weighted by Crippen LogP contribution is 2.14. The van der Waals surface area contributed by atoms with Crippen LogP contribution in [0.4, 0.5) is 0 Å². The van der Waals surface area contributed by atoms with Crippen LogP contribution in [0.2, 0.25) is 0 Å². The minimum atomic E-state index is 0. The van der Waals surface area contributed by atoms with E-state index >= 15 is 0 Å². The van der Waals surface area contributed by atoms with Crippen molar-refractivity contribution < 1.29 is 17.7 Å². The maximum atomic E-state index is 2.46. The number of nitrogens with two attached hydrogens (primary N) is 1. The molecule has 2 N–H and O–H groups in total. The van der Waals surface area contributed by atoms with Crippen LogP contribution in [0.3, 0.4) is 0 Å². The Bertz CT molecular complexity index is 455. The average Bonchev–Trinajstić information content (AvgIpc) is 2.46. The Morgan fingerprint density at radius 1 is 0.842 bits per heavy atom. The van der Waals surface area contributed by atoms with Gasteiger partial charge in [-0.05, 0) is 6.92 Å². The van der Waals surface area contributed by atoms with E-state index < -0.39 is 0 Å². The van der Waals surface area contributed by atoms with Gasteiger partial charge in [-0.25, -0.2) is 0 Å². The van der Waals surface area contributed by atoms with E-state index in [-0.39, 0.29) is 12.4 Å². The van der Waals surface area contributed by atoms with E-state index in [1.807, 2.05) is 0 Å². The first-order chi connectivity index (χ1) is 8.81. The predicted molar refractivity (Wildman–Crippen MR) is 76.3 cm³/mol. The molecule has 0 fully saturated rings. The van der Waals surface area contributed by atoms with Gasteiger partial charge in [0.2, 0.25) is 0 Å². The number of rotatable bonds is 5. The van der Waals surface area contributed by atoms with Gasteiger partial charge in [-0.3, -0.25) is 0 Å². The molecule has 19 heavy (non-hydrogen) atoms. The van der Waals surface area contributed by atoms with Crippen molar-refractivity contribution in [2.45, 2.75) is 32.4 Å². The first kappa shape index (κ1) is 15.7. The molecule has 102 valence electrons. The molecule has 0 amide bonds. The van der Waals surface area contributed by atoms with Gasteiger partial charge in [0.15, 0.2) is 0 Å². The Hall–Kier alpha value is -1.31. The van der Waals surface area contributed by atoms with E-state index in [2.05, 4.69) is 79.8 Å². The Balaban J connectivity index is 0.00000180. The first-order valence-electron chi connectivity index (χ1n) is 6.76. The second kappa shape index (κ2) is 7.98. The summed E-state index contributed by atoms with van der Waals surface area (Å²) in [5.74, 6) is 0. The fraction of sp³-hybridized carbons (Fsp3) is 0.294. The molecule has 0 aromatic heterocycles. The lowest BCUT2D eigenvalue weighted by atomic mass is 10.0. The van der Waals surface area contributed by atoms with Gasteiger partial charge in [0.1, 0.15) is 12.1 Å². The van der Waals surface area contributed by atoms with E-state index in [0.717, 1.165) is 6.42 Å². The fourth-order valence-electron chi connectivity index (χ4n) is 2.40. The van der Waals surface area contributed by atoms with Crippen LogP contribution in [0.5, 0.6) is 0 Å². The standard InChI is InChI=1S/C17H21N.ClH/c1-3-17(16-12-8-5-9-13-16)18-14(2)15-10-6-4-7-11-15;/h4-14,17-18H,3H2,1-2H3;1H/t14-,17-;/m1./s1. The van der Waals surface area contributed by atoms with Gasteiger partial charge >= 0.3 is 0 Å². The van der Waals surface area contributed by atoms with Gasteiger partial charge in [-0.15, -0.1) is 0 Å².